The highest BCUT2D eigenvalue weighted by molar-refractivity contribution is 7.96. The fraction of sp³-hybridized carbons (Fsp3) is 1.00. The lowest BCUT2D eigenvalue weighted by molar-refractivity contribution is 0.368. The normalized spacial score (nSPS) is 11.2. The van der Waals surface area contributed by atoms with Crippen LogP contribution in [0.5, 0.6) is 0 Å². The molecule has 0 nitrogen and oxygen atoms in total. The quantitative estimate of drug-likeness (QED) is 0.376. The summed E-state index contributed by atoms with van der Waals surface area (Å²) >= 11 is 0. The van der Waals surface area contributed by atoms with Crippen LogP contribution >= 0.6 is 0 Å². The molecule has 0 saturated heterocycles. The zero-order valence-corrected chi connectivity index (χ0v) is 10.6. The van der Waals surface area contributed by atoms with Crippen molar-refractivity contribution in [3.8, 4) is 0 Å². The Hall–Kier alpha value is 0.135. The summed E-state index contributed by atoms with van der Waals surface area (Å²) in [6.07, 6.45) is 4.13. The summed E-state index contributed by atoms with van der Waals surface area (Å²) in [5, 5.41) is 0. The second-order valence-electron chi connectivity index (χ2n) is 3.22. The summed E-state index contributed by atoms with van der Waals surface area (Å²) < 4.78 is 39.0. The first kappa shape index (κ1) is 17.5. The summed E-state index contributed by atoms with van der Waals surface area (Å²) in [5.41, 5.74) is 0. The average molecular weight is 248 g/mol. The van der Waals surface area contributed by atoms with E-state index < -0.39 is 7.25 Å². The van der Waals surface area contributed by atoms with Crippen LogP contribution in [-0.2, 0) is 10.9 Å². The lowest BCUT2D eigenvalue weighted by atomic mass is 10.3. The van der Waals surface area contributed by atoms with Crippen molar-refractivity contribution in [3.05, 3.63) is 0 Å². The molecule has 0 aliphatic heterocycles. The van der Waals surface area contributed by atoms with E-state index in [1.165, 1.54) is 36.5 Å². The minimum atomic E-state index is -6.00. The maximum atomic E-state index is 9.75. The third-order valence-electron chi connectivity index (χ3n) is 1.48. The van der Waals surface area contributed by atoms with Crippen molar-refractivity contribution in [1.29, 1.82) is 0 Å². The Morgan fingerprint density at radius 2 is 0.933 bits per heavy atom. The van der Waals surface area contributed by atoms with Crippen LogP contribution in [0.2, 0.25) is 0 Å². The van der Waals surface area contributed by atoms with Crippen molar-refractivity contribution in [2.75, 3.05) is 17.3 Å². The van der Waals surface area contributed by atoms with E-state index in [4.69, 9.17) is 0 Å². The molecular formula is C9H21BF4S. The van der Waals surface area contributed by atoms with Crippen molar-refractivity contribution < 1.29 is 17.3 Å². The number of hydrogen-bond donors (Lipinski definition) is 0. The molecule has 0 spiro atoms. The molecular weight excluding hydrogens is 227 g/mol. The van der Waals surface area contributed by atoms with Gasteiger partial charge in [-0.2, -0.15) is 0 Å². The van der Waals surface area contributed by atoms with Gasteiger partial charge >= 0.3 is 7.25 Å². The Morgan fingerprint density at radius 1 is 0.733 bits per heavy atom. The van der Waals surface area contributed by atoms with Gasteiger partial charge in [-0.1, -0.05) is 20.8 Å². The molecule has 0 aromatic carbocycles. The molecule has 0 unspecified atom stereocenters. The van der Waals surface area contributed by atoms with Crippen LogP contribution in [0.4, 0.5) is 17.3 Å². The predicted octanol–water partition coefficient (Wildman–Crippen LogP) is 4.13. The Kier molecular flexibility index (Phi) is 12.4. The van der Waals surface area contributed by atoms with Crippen LogP contribution in [0, 0.1) is 0 Å². The van der Waals surface area contributed by atoms with Crippen molar-refractivity contribution in [2.24, 2.45) is 0 Å². The molecule has 0 aromatic heterocycles. The van der Waals surface area contributed by atoms with Gasteiger partial charge in [0.15, 0.2) is 0 Å². The predicted molar refractivity (Wildman–Crippen MR) is 63.0 cm³/mol. The monoisotopic (exact) mass is 248 g/mol. The topological polar surface area (TPSA) is 0 Å². The molecule has 0 N–H and O–H groups in total. The fourth-order valence-electron chi connectivity index (χ4n) is 1.17. The summed E-state index contributed by atoms with van der Waals surface area (Å²) in [7, 11) is -5.22. The molecule has 15 heavy (non-hydrogen) atoms. The summed E-state index contributed by atoms with van der Waals surface area (Å²) in [5.74, 6) is 4.42. The summed E-state index contributed by atoms with van der Waals surface area (Å²) in [6, 6.07) is 0. The Labute approximate surface area is 93.3 Å². The van der Waals surface area contributed by atoms with E-state index in [2.05, 4.69) is 20.8 Å². The van der Waals surface area contributed by atoms with Gasteiger partial charge in [0.1, 0.15) is 17.3 Å². The summed E-state index contributed by atoms with van der Waals surface area (Å²) in [4.78, 5) is 0. The van der Waals surface area contributed by atoms with Gasteiger partial charge in [0.25, 0.3) is 0 Å². The molecule has 0 atom stereocenters. The molecule has 0 bridgehead atoms. The molecule has 0 saturated carbocycles. The van der Waals surface area contributed by atoms with Gasteiger partial charge in [0, 0.05) is 0 Å². The van der Waals surface area contributed by atoms with Crippen LogP contribution in [0.15, 0.2) is 0 Å². The average Bonchev–Trinajstić information content (AvgIpc) is 2.02. The maximum absolute atomic E-state index is 9.75. The Morgan fingerprint density at radius 3 is 1.07 bits per heavy atom. The third-order valence-corrected chi connectivity index (χ3v) is 4.44. The van der Waals surface area contributed by atoms with Gasteiger partial charge in [0.2, 0.25) is 0 Å². The Balaban J connectivity index is 0. The van der Waals surface area contributed by atoms with Gasteiger partial charge in [-0.3, -0.25) is 0 Å². The maximum Gasteiger partial charge on any atom is 0.673 e. The lowest BCUT2D eigenvalue weighted by Gasteiger charge is -2.03. The van der Waals surface area contributed by atoms with Crippen LogP contribution in [-0.4, -0.2) is 24.5 Å². The molecule has 6 heteroatoms. The molecule has 0 rings (SSSR count). The van der Waals surface area contributed by atoms with Crippen molar-refractivity contribution in [2.45, 2.75) is 40.0 Å². The van der Waals surface area contributed by atoms with Gasteiger partial charge < -0.3 is 17.3 Å². The SMILES string of the molecule is CCC[S+](CCC)CCC.F[B-](F)(F)F. The second-order valence-corrected chi connectivity index (χ2v) is 5.67. The zero-order chi connectivity index (χ0) is 12.3. The van der Waals surface area contributed by atoms with E-state index in [9.17, 15) is 17.3 Å². The number of halogens is 4. The van der Waals surface area contributed by atoms with Crippen LogP contribution < -0.4 is 0 Å². The second kappa shape index (κ2) is 10.6. The first-order valence-corrected chi connectivity index (χ1v) is 7.09. The highest BCUT2D eigenvalue weighted by Gasteiger charge is 2.20. The number of rotatable bonds is 6. The third kappa shape index (κ3) is 24.9. The first-order chi connectivity index (χ1) is 6.85. The van der Waals surface area contributed by atoms with E-state index in [0.29, 0.717) is 0 Å². The lowest BCUT2D eigenvalue weighted by Crippen LogP contribution is -2.14. The van der Waals surface area contributed by atoms with E-state index >= 15 is 0 Å². The van der Waals surface area contributed by atoms with Crippen molar-refractivity contribution in [3.63, 3.8) is 0 Å². The van der Waals surface area contributed by atoms with Gasteiger partial charge in [0.05, 0.1) is 0 Å². The molecule has 0 aliphatic carbocycles. The molecule has 94 valence electrons. The highest BCUT2D eigenvalue weighted by Crippen LogP contribution is 2.06. The minimum Gasteiger partial charge on any atom is -0.418 e. The molecule has 0 radical (unpaired) electrons. The van der Waals surface area contributed by atoms with E-state index in [-0.39, 0.29) is 0 Å². The molecule has 0 heterocycles. The van der Waals surface area contributed by atoms with Gasteiger partial charge in [-0.25, -0.2) is 0 Å². The van der Waals surface area contributed by atoms with Gasteiger partial charge in [-0.15, -0.1) is 0 Å². The van der Waals surface area contributed by atoms with Crippen molar-refractivity contribution in [1.82, 2.24) is 0 Å². The largest absolute Gasteiger partial charge is 0.673 e. The molecule has 0 amide bonds. The zero-order valence-electron chi connectivity index (χ0n) is 9.74. The first-order valence-electron chi connectivity index (χ1n) is 5.36. The molecule has 0 aliphatic rings. The van der Waals surface area contributed by atoms with Gasteiger partial charge in [-0.05, 0) is 30.2 Å². The standard InChI is InChI=1S/C9H21S.BF4/c1-4-7-10(8-5-2)9-6-3;2-1(3,4)5/h4-9H2,1-3H3;/q+1;-1. The summed E-state index contributed by atoms with van der Waals surface area (Å²) in [6.45, 7) is 6.89. The smallest absolute Gasteiger partial charge is 0.418 e. The van der Waals surface area contributed by atoms with E-state index in [1.807, 2.05) is 0 Å². The minimum absolute atomic E-state index is 0.775. The Bertz CT molecular complexity index is 110. The molecule has 0 aromatic rings. The fourth-order valence-corrected chi connectivity index (χ4v) is 3.52. The van der Waals surface area contributed by atoms with E-state index in [1.54, 1.807) is 0 Å². The van der Waals surface area contributed by atoms with E-state index in [0.717, 1.165) is 10.9 Å². The number of hydrogen-bond acceptors (Lipinski definition) is 0. The van der Waals surface area contributed by atoms with Crippen LogP contribution in [0.3, 0.4) is 0 Å². The molecule has 0 fully saturated rings. The van der Waals surface area contributed by atoms with Crippen LogP contribution in [0.25, 0.3) is 0 Å². The van der Waals surface area contributed by atoms with Crippen molar-refractivity contribution >= 4 is 18.1 Å². The highest BCUT2D eigenvalue weighted by atomic mass is 32.2. The van der Waals surface area contributed by atoms with Crippen LogP contribution in [0.1, 0.15) is 40.0 Å².